The molecule has 0 saturated carbocycles. The van der Waals surface area contributed by atoms with Crippen LogP contribution in [0.5, 0.6) is 0 Å². The largest absolute Gasteiger partial charge is 0.387 e. The van der Waals surface area contributed by atoms with E-state index in [1.807, 2.05) is 12.1 Å². The van der Waals surface area contributed by atoms with Crippen molar-refractivity contribution in [3.8, 4) is 6.07 Å². The van der Waals surface area contributed by atoms with Crippen molar-refractivity contribution < 1.29 is 5.11 Å². The fourth-order valence-electron chi connectivity index (χ4n) is 0.922. The molecule has 0 aliphatic carbocycles. The maximum Gasteiger partial charge on any atom is 0.0969 e. The van der Waals surface area contributed by atoms with E-state index in [4.69, 9.17) is 5.26 Å². The number of hydrogen-bond acceptors (Lipinski definition) is 3. The summed E-state index contributed by atoms with van der Waals surface area (Å²) in [7, 11) is 0. The van der Waals surface area contributed by atoms with E-state index in [0.29, 0.717) is 18.5 Å². The van der Waals surface area contributed by atoms with Crippen LogP contribution in [0.15, 0.2) is 24.4 Å². The highest BCUT2D eigenvalue weighted by molar-refractivity contribution is 5.06. The van der Waals surface area contributed by atoms with Crippen LogP contribution in [0.3, 0.4) is 0 Å². The first-order valence-electron chi connectivity index (χ1n) is 3.80. The molecule has 1 atom stereocenters. The number of aromatic nitrogens is 1. The van der Waals surface area contributed by atoms with Gasteiger partial charge in [-0.25, -0.2) is 0 Å². The van der Waals surface area contributed by atoms with Gasteiger partial charge in [-0.1, -0.05) is 6.07 Å². The van der Waals surface area contributed by atoms with E-state index in [9.17, 15) is 5.11 Å². The normalized spacial score (nSPS) is 12.0. The summed E-state index contributed by atoms with van der Waals surface area (Å²) >= 11 is 0. The summed E-state index contributed by atoms with van der Waals surface area (Å²) in [6.07, 6.45) is 1.83. The second-order valence-electron chi connectivity index (χ2n) is 2.47. The molecule has 1 rings (SSSR count). The highest BCUT2D eigenvalue weighted by Gasteiger charge is 2.06. The summed E-state index contributed by atoms with van der Waals surface area (Å²) < 4.78 is 0. The van der Waals surface area contributed by atoms with Gasteiger partial charge in [0.2, 0.25) is 0 Å². The average molecular weight is 162 g/mol. The van der Waals surface area contributed by atoms with Crippen LogP contribution in [0.4, 0.5) is 0 Å². The predicted octanol–water partition coefficient (Wildman–Crippen LogP) is 1.42. The van der Waals surface area contributed by atoms with Crippen molar-refractivity contribution in [2.24, 2.45) is 0 Å². The maximum absolute atomic E-state index is 9.44. The Labute approximate surface area is 71.3 Å². The Morgan fingerprint density at radius 1 is 1.58 bits per heavy atom. The highest BCUT2D eigenvalue weighted by atomic mass is 16.3. The maximum atomic E-state index is 9.44. The number of pyridine rings is 1. The Kier molecular flexibility index (Phi) is 3.24. The lowest BCUT2D eigenvalue weighted by Crippen LogP contribution is -1.98. The molecule has 0 aromatic carbocycles. The van der Waals surface area contributed by atoms with E-state index in [1.54, 1.807) is 18.3 Å². The summed E-state index contributed by atoms with van der Waals surface area (Å²) in [6.45, 7) is 0. The second-order valence-corrected chi connectivity index (χ2v) is 2.47. The molecule has 0 aliphatic rings. The molecule has 0 radical (unpaired) electrons. The Morgan fingerprint density at radius 3 is 3.00 bits per heavy atom. The van der Waals surface area contributed by atoms with Crippen molar-refractivity contribution in [3.05, 3.63) is 30.1 Å². The summed E-state index contributed by atoms with van der Waals surface area (Å²) in [5, 5.41) is 17.7. The van der Waals surface area contributed by atoms with Gasteiger partial charge in [0.05, 0.1) is 17.9 Å². The van der Waals surface area contributed by atoms with Crippen molar-refractivity contribution in [2.75, 3.05) is 0 Å². The van der Waals surface area contributed by atoms with Crippen molar-refractivity contribution >= 4 is 0 Å². The number of rotatable bonds is 3. The third-order valence-corrected chi connectivity index (χ3v) is 1.56. The fourth-order valence-corrected chi connectivity index (χ4v) is 0.922. The molecular formula is C9H10N2O. The first kappa shape index (κ1) is 8.69. The zero-order chi connectivity index (χ0) is 8.81. The quantitative estimate of drug-likeness (QED) is 0.731. The van der Waals surface area contributed by atoms with Gasteiger partial charge in [-0.15, -0.1) is 0 Å². The van der Waals surface area contributed by atoms with Gasteiger partial charge in [0.15, 0.2) is 0 Å². The van der Waals surface area contributed by atoms with Crippen LogP contribution in [-0.4, -0.2) is 10.1 Å². The minimum atomic E-state index is -0.606. The van der Waals surface area contributed by atoms with Gasteiger partial charge < -0.3 is 5.11 Å². The van der Waals surface area contributed by atoms with Gasteiger partial charge in [-0.2, -0.15) is 5.26 Å². The predicted molar refractivity (Wildman–Crippen MR) is 44.0 cm³/mol. The van der Waals surface area contributed by atoms with Gasteiger partial charge in [-0.05, 0) is 18.6 Å². The number of nitriles is 1. The lowest BCUT2D eigenvalue weighted by Gasteiger charge is -2.05. The Hall–Kier alpha value is -1.40. The number of aliphatic hydroxyl groups excluding tert-OH is 1. The van der Waals surface area contributed by atoms with Crippen LogP contribution in [0.2, 0.25) is 0 Å². The molecule has 3 heteroatoms. The van der Waals surface area contributed by atoms with Crippen LogP contribution in [0, 0.1) is 11.3 Å². The van der Waals surface area contributed by atoms with Gasteiger partial charge >= 0.3 is 0 Å². The lowest BCUT2D eigenvalue weighted by molar-refractivity contribution is 0.164. The van der Waals surface area contributed by atoms with Crippen molar-refractivity contribution in [1.82, 2.24) is 4.98 Å². The SMILES string of the molecule is N#CCCC(O)c1ccccn1. The van der Waals surface area contributed by atoms with Crippen LogP contribution in [0.25, 0.3) is 0 Å². The molecule has 0 bridgehead atoms. The Morgan fingerprint density at radius 2 is 2.42 bits per heavy atom. The third kappa shape index (κ3) is 2.33. The second kappa shape index (κ2) is 4.47. The van der Waals surface area contributed by atoms with Crippen LogP contribution >= 0.6 is 0 Å². The van der Waals surface area contributed by atoms with E-state index in [-0.39, 0.29) is 0 Å². The lowest BCUT2D eigenvalue weighted by atomic mass is 10.1. The number of nitrogens with zero attached hydrogens (tertiary/aromatic N) is 2. The molecule has 12 heavy (non-hydrogen) atoms. The minimum Gasteiger partial charge on any atom is -0.387 e. The molecule has 0 saturated heterocycles. The van der Waals surface area contributed by atoms with E-state index in [1.165, 1.54) is 0 Å². The molecule has 1 heterocycles. The molecule has 0 amide bonds. The van der Waals surface area contributed by atoms with Crippen molar-refractivity contribution in [3.63, 3.8) is 0 Å². The first-order chi connectivity index (χ1) is 5.84. The molecule has 1 aromatic heterocycles. The monoisotopic (exact) mass is 162 g/mol. The van der Waals surface area contributed by atoms with E-state index in [2.05, 4.69) is 4.98 Å². The third-order valence-electron chi connectivity index (χ3n) is 1.56. The molecule has 0 spiro atoms. The molecule has 1 N–H and O–H groups in total. The van der Waals surface area contributed by atoms with Gasteiger partial charge in [-0.3, -0.25) is 4.98 Å². The van der Waals surface area contributed by atoms with E-state index >= 15 is 0 Å². The van der Waals surface area contributed by atoms with Crippen LogP contribution in [0.1, 0.15) is 24.6 Å². The Bertz CT molecular complexity index is 266. The molecular weight excluding hydrogens is 152 g/mol. The standard InChI is InChI=1S/C9H10N2O/c10-6-3-5-9(12)8-4-1-2-7-11-8/h1-2,4,7,9,12H,3,5H2. The minimum absolute atomic E-state index is 0.359. The fraction of sp³-hybridized carbons (Fsp3) is 0.333. The highest BCUT2D eigenvalue weighted by Crippen LogP contribution is 2.14. The van der Waals surface area contributed by atoms with Gasteiger partial charge in [0.25, 0.3) is 0 Å². The zero-order valence-electron chi connectivity index (χ0n) is 6.64. The summed E-state index contributed by atoms with van der Waals surface area (Å²) in [6, 6.07) is 7.34. The van der Waals surface area contributed by atoms with Crippen molar-refractivity contribution in [2.45, 2.75) is 18.9 Å². The molecule has 0 fully saturated rings. The van der Waals surface area contributed by atoms with Crippen LogP contribution in [-0.2, 0) is 0 Å². The Balaban J connectivity index is 2.55. The molecule has 0 aliphatic heterocycles. The molecule has 1 unspecified atom stereocenters. The molecule has 62 valence electrons. The topological polar surface area (TPSA) is 56.9 Å². The van der Waals surface area contributed by atoms with E-state index in [0.717, 1.165) is 0 Å². The summed E-state index contributed by atoms with van der Waals surface area (Å²) in [5.41, 5.74) is 0.632. The summed E-state index contributed by atoms with van der Waals surface area (Å²) in [5.74, 6) is 0. The van der Waals surface area contributed by atoms with Gasteiger partial charge in [0.1, 0.15) is 0 Å². The van der Waals surface area contributed by atoms with E-state index < -0.39 is 6.10 Å². The van der Waals surface area contributed by atoms with Crippen molar-refractivity contribution in [1.29, 1.82) is 5.26 Å². The molecule has 3 nitrogen and oxygen atoms in total. The van der Waals surface area contributed by atoms with Gasteiger partial charge in [0, 0.05) is 12.6 Å². The number of aliphatic hydroxyl groups is 1. The number of hydrogen-bond donors (Lipinski definition) is 1. The zero-order valence-corrected chi connectivity index (χ0v) is 6.64. The smallest absolute Gasteiger partial charge is 0.0969 e. The summed E-state index contributed by atoms with van der Waals surface area (Å²) in [4.78, 5) is 3.97. The van der Waals surface area contributed by atoms with Crippen LogP contribution < -0.4 is 0 Å². The average Bonchev–Trinajstić information content (AvgIpc) is 2.15. The first-order valence-corrected chi connectivity index (χ1v) is 3.80. The molecule has 1 aromatic rings.